The van der Waals surface area contributed by atoms with Crippen LogP contribution in [0.4, 0.5) is 0 Å². The lowest BCUT2D eigenvalue weighted by atomic mass is 10.0. The summed E-state index contributed by atoms with van der Waals surface area (Å²) in [5.74, 6) is 0.256. The second-order valence-corrected chi connectivity index (χ2v) is 9.53. The SMILES string of the molecule is CCCCc1nn(-c2ccccc2C)c(=O)n1Cc1ccc(OC(C(=O)O)c2ccccc2)c(CCC)c1. The second kappa shape index (κ2) is 12.4. The van der Waals surface area contributed by atoms with Gasteiger partial charge in [0.1, 0.15) is 11.6 Å². The zero-order valence-corrected chi connectivity index (χ0v) is 22.3. The highest BCUT2D eigenvalue weighted by molar-refractivity contribution is 5.75. The van der Waals surface area contributed by atoms with Crippen LogP contribution in [-0.2, 0) is 24.2 Å². The van der Waals surface area contributed by atoms with Gasteiger partial charge in [-0.1, -0.05) is 87.4 Å². The van der Waals surface area contributed by atoms with Gasteiger partial charge in [0.2, 0.25) is 6.10 Å². The number of carboxylic acid groups (broad SMARTS) is 1. The molecule has 4 aromatic rings. The Hall–Kier alpha value is -4.13. The first-order chi connectivity index (χ1) is 18.4. The van der Waals surface area contributed by atoms with E-state index in [1.54, 1.807) is 28.8 Å². The predicted molar refractivity (Wildman–Crippen MR) is 148 cm³/mol. The Morgan fingerprint density at radius 1 is 0.974 bits per heavy atom. The third-order valence-electron chi connectivity index (χ3n) is 6.59. The molecule has 198 valence electrons. The van der Waals surface area contributed by atoms with Crippen molar-refractivity contribution in [2.45, 2.75) is 65.5 Å². The molecule has 0 radical (unpaired) electrons. The predicted octanol–water partition coefficient (Wildman–Crippen LogP) is 5.89. The van der Waals surface area contributed by atoms with Crippen LogP contribution in [0.2, 0.25) is 0 Å². The Kier molecular flexibility index (Phi) is 8.79. The Bertz CT molecular complexity index is 1440. The van der Waals surface area contributed by atoms with Crippen molar-refractivity contribution in [2.24, 2.45) is 0 Å². The minimum Gasteiger partial charge on any atom is -0.478 e. The summed E-state index contributed by atoms with van der Waals surface area (Å²) in [7, 11) is 0. The number of benzene rings is 3. The van der Waals surface area contributed by atoms with E-state index in [0.717, 1.165) is 53.9 Å². The summed E-state index contributed by atoms with van der Waals surface area (Å²) in [6, 6.07) is 22.4. The van der Waals surface area contributed by atoms with Crippen LogP contribution in [0.3, 0.4) is 0 Å². The summed E-state index contributed by atoms with van der Waals surface area (Å²) >= 11 is 0. The number of carboxylic acids is 1. The number of carbonyl (C=O) groups is 1. The maximum Gasteiger partial charge on any atom is 0.351 e. The van der Waals surface area contributed by atoms with E-state index in [9.17, 15) is 14.7 Å². The van der Waals surface area contributed by atoms with Crippen LogP contribution in [0, 0.1) is 6.92 Å². The van der Waals surface area contributed by atoms with Crippen LogP contribution in [0.1, 0.15) is 67.3 Å². The lowest BCUT2D eigenvalue weighted by Crippen LogP contribution is -2.25. The van der Waals surface area contributed by atoms with Gasteiger partial charge in [0.15, 0.2) is 0 Å². The van der Waals surface area contributed by atoms with Gasteiger partial charge in [-0.05, 0) is 48.6 Å². The molecule has 0 fully saturated rings. The van der Waals surface area contributed by atoms with Gasteiger partial charge in [-0.15, -0.1) is 5.10 Å². The summed E-state index contributed by atoms with van der Waals surface area (Å²) in [5.41, 5.74) is 4.04. The van der Waals surface area contributed by atoms with Gasteiger partial charge in [0.25, 0.3) is 0 Å². The fourth-order valence-corrected chi connectivity index (χ4v) is 4.58. The summed E-state index contributed by atoms with van der Waals surface area (Å²) in [5, 5.41) is 14.6. The Balaban J connectivity index is 1.68. The third-order valence-corrected chi connectivity index (χ3v) is 6.59. The number of para-hydroxylation sites is 1. The molecule has 4 rings (SSSR count). The van der Waals surface area contributed by atoms with E-state index in [1.807, 2.05) is 55.5 Å². The maximum absolute atomic E-state index is 13.5. The molecule has 1 aromatic heterocycles. The van der Waals surface area contributed by atoms with Crippen molar-refractivity contribution in [1.29, 1.82) is 0 Å². The molecule has 38 heavy (non-hydrogen) atoms. The molecule has 0 aliphatic heterocycles. The topological polar surface area (TPSA) is 86.4 Å². The first-order valence-electron chi connectivity index (χ1n) is 13.2. The van der Waals surface area contributed by atoms with E-state index >= 15 is 0 Å². The molecule has 0 aliphatic carbocycles. The monoisotopic (exact) mass is 513 g/mol. The first-order valence-corrected chi connectivity index (χ1v) is 13.2. The number of hydrogen-bond donors (Lipinski definition) is 1. The van der Waals surface area contributed by atoms with E-state index in [-0.39, 0.29) is 5.69 Å². The number of aliphatic carboxylic acids is 1. The van der Waals surface area contributed by atoms with Crippen LogP contribution in [0.5, 0.6) is 5.75 Å². The van der Waals surface area contributed by atoms with Crippen molar-refractivity contribution >= 4 is 5.97 Å². The average molecular weight is 514 g/mol. The number of hydrogen-bond acceptors (Lipinski definition) is 4. The van der Waals surface area contributed by atoms with Gasteiger partial charge < -0.3 is 9.84 Å². The summed E-state index contributed by atoms with van der Waals surface area (Å²) < 4.78 is 9.29. The summed E-state index contributed by atoms with van der Waals surface area (Å²) in [4.78, 5) is 25.6. The molecule has 0 aliphatic rings. The standard InChI is InChI=1S/C31H35N3O4/c1-4-6-17-28-32-34(26-16-11-10-13-22(26)3)31(37)33(28)21-23-18-19-27(25(20-23)12-5-2)38-29(30(35)36)24-14-8-7-9-15-24/h7-11,13-16,18-20,29H,4-6,12,17,21H2,1-3H3,(H,35,36). The van der Waals surface area contributed by atoms with Gasteiger partial charge in [0, 0.05) is 12.0 Å². The molecular weight excluding hydrogens is 478 g/mol. The van der Waals surface area contributed by atoms with Crippen molar-refractivity contribution in [2.75, 3.05) is 0 Å². The Morgan fingerprint density at radius 2 is 1.71 bits per heavy atom. The Labute approximate surface area is 223 Å². The summed E-state index contributed by atoms with van der Waals surface area (Å²) in [6.45, 7) is 6.54. The summed E-state index contributed by atoms with van der Waals surface area (Å²) in [6.07, 6.45) is 3.15. The fraction of sp³-hybridized carbons (Fsp3) is 0.323. The van der Waals surface area contributed by atoms with Crippen molar-refractivity contribution in [3.8, 4) is 11.4 Å². The molecule has 1 atom stereocenters. The lowest BCUT2D eigenvalue weighted by molar-refractivity contribution is -0.145. The molecular formula is C31H35N3O4. The van der Waals surface area contributed by atoms with E-state index in [1.165, 1.54) is 4.68 Å². The molecule has 0 saturated heterocycles. The zero-order valence-electron chi connectivity index (χ0n) is 22.3. The fourth-order valence-electron chi connectivity index (χ4n) is 4.58. The molecule has 7 nitrogen and oxygen atoms in total. The number of ether oxygens (including phenoxy) is 1. The normalized spacial score (nSPS) is 11.9. The van der Waals surface area contributed by atoms with Crippen molar-refractivity contribution in [1.82, 2.24) is 14.3 Å². The molecule has 0 amide bonds. The van der Waals surface area contributed by atoms with Crippen molar-refractivity contribution in [3.63, 3.8) is 0 Å². The third kappa shape index (κ3) is 6.05. The molecule has 3 aromatic carbocycles. The van der Waals surface area contributed by atoms with Crippen molar-refractivity contribution < 1.29 is 14.6 Å². The minimum absolute atomic E-state index is 0.169. The average Bonchev–Trinajstić information content (AvgIpc) is 3.22. The number of aryl methyl sites for hydroxylation is 3. The van der Waals surface area contributed by atoms with Gasteiger partial charge >= 0.3 is 11.7 Å². The number of rotatable bonds is 12. The zero-order chi connectivity index (χ0) is 27.1. The number of aromatic nitrogens is 3. The smallest absolute Gasteiger partial charge is 0.351 e. The number of nitrogens with zero attached hydrogens (tertiary/aromatic N) is 3. The second-order valence-electron chi connectivity index (χ2n) is 9.53. The van der Waals surface area contributed by atoms with Gasteiger partial charge in [-0.2, -0.15) is 4.68 Å². The highest BCUT2D eigenvalue weighted by Crippen LogP contribution is 2.28. The van der Waals surface area contributed by atoms with Crippen LogP contribution >= 0.6 is 0 Å². The minimum atomic E-state index is -1.10. The quantitative estimate of drug-likeness (QED) is 0.255. The van der Waals surface area contributed by atoms with E-state index in [0.29, 0.717) is 24.3 Å². The molecule has 0 bridgehead atoms. The van der Waals surface area contributed by atoms with Crippen LogP contribution in [-0.4, -0.2) is 25.4 Å². The van der Waals surface area contributed by atoms with E-state index < -0.39 is 12.1 Å². The first kappa shape index (κ1) is 26.9. The lowest BCUT2D eigenvalue weighted by Gasteiger charge is -2.19. The van der Waals surface area contributed by atoms with Crippen LogP contribution in [0.15, 0.2) is 77.6 Å². The molecule has 1 N–H and O–H groups in total. The van der Waals surface area contributed by atoms with Crippen molar-refractivity contribution in [3.05, 3.63) is 111 Å². The molecule has 1 heterocycles. The molecule has 7 heteroatoms. The highest BCUT2D eigenvalue weighted by atomic mass is 16.5. The van der Waals surface area contributed by atoms with Crippen LogP contribution < -0.4 is 10.4 Å². The maximum atomic E-state index is 13.5. The molecule has 0 spiro atoms. The molecule has 0 saturated carbocycles. The largest absolute Gasteiger partial charge is 0.478 e. The van der Waals surface area contributed by atoms with Gasteiger partial charge in [-0.3, -0.25) is 4.57 Å². The molecule has 1 unspecified atom stereocenters. The van der Waals surface area contributed by atoms with Gasteiger partial charge in [-0.25, -0.2) is 9.59 Å². The highest BCUT2D eigenvalue weighted by Gasteiger charge is 2.23. The van der Waals surface area contributed by atoms with Gasteiger partial charge in [0.05, 0.1) is 12.2 Å². The number of unbranched alkanes of at least 4 members (excludes halogenated alkanes) is 1. The Morgan fingerprint density at radius 3 is 2.39 bits per heavy atom. The van der Waals surface area contributed by atoms with E-state index in [4.69, 9.17) is 9.84 Å². The van der Waals surface area contributed by atoms with Crippen LogP contribution in [0.25, 0.3) is 5.69 Å². The van der Waals surface area contributed by atoms with E-state index in [2.05, 4.69) is 13.8 Å².